The molecule has 0 saturated carbocycles. The largest absolute Gasteiger partial charge is 0.387 e. The van der Waals surface area contributed by atoms with Gasteiger partial charge in [-0.2, -0.15) is 17.0 Å². The second-order valence-corrected chi connectivity index (χ2v) is 8.54. The van der Waals surface area contributed by atoms with Crippen LogP contribution in [0.15, 0.2) is 24.3 Å². The first kappa shape index (κ1) is 18.3. The first-order valence-corrected chi connectivity index (χ1v) is 8.85. The lowest BCUT2D eigenvalue weighted by atomic mass is 10.0. The third-order valence-corrected chi connectivity index (χ3v) is 5.90. The van der Waals surface area contributed by atoms with Crippen LogP contribution in [0.1, 0.15) is 12.0 Å². The molecule has 1 aromatic rings. The van der Waals surface area contributed by atoms with Gasteiger partial charge in [-0.25, -0.2) is 4.39 Å². The second-order valence-electron chi connectivity index (χ2n) is 6.40. The number of halogens is 1. The van der Waals surface area contributed by atoms with Crippen LogP contribution in [0.25, 0.3) is 0 Å². The average Bonchev–Trinajstić information content (AvgIpc) is 2.84. The zero-order chi connectivity index (χ0) is 17.3. The Kier molecular flexibility index (Phi) is 5.42. The molecule has 23 heavy (non-hydrogen) atoms. The van der Waals surface area contributed by atoms with Gasteiger partial charge in [0.1, 0.15) is 5.82 Å². The molecule has 0 spiro atoms. The zero-order valence-electron chi connectivity index (χ0n) is 13.7. The molecule has 1 N–H and O–H groups in total. The highest BCUT2D eigenvalue weighted by Gasteiger charge is 2.42. The van der Waals surface area contributed by atoms with Crippen molar-refractivity contribution in [2.45, 2.75) is 18.6 Å². The van der Waals surface area contributed by atoms with Crippen LogP contribution in [0.4, 0.5) is 4.39 Å². The quantitative estimate of drug-likeness (QED) is 0.816. The molecule has 2 rings (SSSR count). The number of likely N-dealkylation sites (N-methyl/N-ethyl adjacent to an activating group) is 1. The van der Waals surface area contributed by atoms with Crippen molar-refractivity contribution in [3.63, 3.8) is 0 Å². The molecule has 0 radical (unpaired) electrons. The van der Waals surface area contributed by atoms with Crippen LogP contribution in [-0.4, -0.2) is 73.4 Å². The van der Waals surface area contributed by atoms with Crippen molar-refractivity contribution in [2.75, 3.05) is 40.8 Å². The van der Waals surface area contributed by atoms with Crippen LogP contribution < -0.4 is 0 Å². The summed E-state index contributed by atoms with van der Waals surface area (Å²) >= 11 is 0. The van der Waals surface area contributed by atoms with Gasteiger partial charge in [-0.15, -0.1) is 0 Å². The Labute approximate surface area is 137 Å². The molecule has 0 aliphatic carbocycles. The van der Waals surface area contributed by atoms with Crippen molar-refractivity contribution in [3.05, 3.63) is 35.6 Å². The van der Waals surface area contributed by atoms with Gasteiger partial charge in [-0.3, -0.25) is 4.90 Å². The van der Waals surface area contributed by atoms with Crippen molar-refractivity contribution in [2.24, 2.45) is 0 Å². The van der Waals surface area contributed by atoms with Crippen molar-refractivity contribution < 1.29 is 17.9 Å². The van der Waals surface area contributed by atoms with E-state index < -0.39 is 15.8 Å². The summed E-state index contributed by atoms with van der Waals surface area (Å²) < 4.78 is 39.6. The Morgan fingerprint density at radius 1 is 1.26 bits per heavy atom. The third-order valence-electron chi connectivity index (χ3n) is 4.01. The molecule has 0 unspecified atom stereocenters. The van der Waals surface area contributed by atoms with E-state index in [2.05, 4.69) is 0 Å². The Hall–Kier alpha value is -1.06. The van der Waals surface area contributed by atoms with E-state index in [1.165, 1.54) is 30.5 Å². The molecular formula is C15H24FN3O3S. The number of β-amino-alcohol motifs (C(OH)–C–C–N with tert-alkyl or cyclic N) is 1. The van der Waals surface area contributed by atoms with Crippen molar-refractivity contribution in [1.82, 2.24) is 13.5 Å². The predicted octanol–water partition coefficient (Wildman–Crippen LogP) is 0.501. The molecule has 6 nitrogen and oxygen atoms in total. The summed E-state index contributed by atoms with van der Waals surface area (Å²) in [6.07, 6.45) is 0.397. The number of rotatable bonds is 6. The minimum absolute atomic E-state index is 0.0846. The van der Waals surface area contributed by atoms with Crippen molar-refractivity contribution >= 4 is 10.2 Å². The Morgan fingerprint density at radius 2 is 1.87 bits per heavy atom. The summed E-state index contributed by atoms with van der Waals surface area (Å²) in [6, 6.07) is 6.21. The van der Waals surface area contributed by atoms with Crippen LogP contribution in [-0.2, 0) is 16.8 Å². The highest BCUT2D eigenvalue weighted by atomic mass is 32.2. The number of nitrogens with zero attached hydrogens (tertiary/aromatic N) is 3. The lowest BCUT2D eigenvalue weighted by Gasteiger charge is -2.29. The van der Waals surface area contributed by atoms with Gasteiger partial charge in [0.25, 0.3) is 10.2 Å². The number of aliphatic hydroxyl groups is 1. The first-order chi connectivity index (χ1) is 10.6. The number of hydrogen-bond acceptors (Lipinski definition) is 4. The summed E-state index contributed by atoms with van der Waals surface area (Å²) in [5.74, 6) is -0.282. The summed E-state index contributed by atoms with van der Waals surface area (Å²) in [5, 5.41) is 10.7. The van der Waals surface area contributed by atoms with E-state index in [1.54, 1.807) is 12.1 Å². The fraction of sp³-hybridized carbons (Fsp3) is 0.600. The predicted molar refractivity (Wildman–Crippen MR) is 86.5 cm³/mol. The Morgan fingerprint density at radius 3 is 2.43 bits per heavy atom. The van der Waals surface area contributed by atoms with Crippen LogP contribution in [0, 0.1) is 5.82 Å². The summed E-state index contributed by atoms with van der Waals surface area (Å²) in [5.41, 5.74) is -0.133. The van der Waals surface area contributed by atoms with Crippen LogP contribution >= 0.6 is 0 Å². The molecule has 0 aromatic heterocycles. The molecular weight excluding hydrogens is 321 g/mol. The van der Waals surface area contributed by atoms with Crippen LogP contribution in [0.3, 0.4) is 0 Å². The molecule has 8 heteroatoms. The minimum atomic E-state index is -3.50. The summed E-state index contributed by atoms with van der Waals surface area (Å²) in [6.45, 7) is 1.30. The van der Waals surface area contributed by atoms with Gasteiger partial charge < -0.3 is 5.11 Å². The normalized spacial score (nSPS) is 23.1. The molecule has 0 amide bonds. The van der Waals surface area contributed by atoms with Gasteiger partial charge >= 0.3 is 0 Å². The summed E-state index contributed by atoms with van der Waals surface area (Å²) in [4.78, 5) is 1.92. The minimum Gasteiger partial charge on any atom is -0.387 e. The van der Waals surface area contributed by atoms with Gasteiger partial charge in [0.2, 0.25) is 0 Å². The maximum atomic E-state index is 12.9. The van der Waals surface area contributed by atoms with Crippen LogP contribution in [0.5, 0.6) is 0 Å². The maximum Gasteiger partial charge on any atom is 0.281 e. The molecule has 1 fully saturated rings. The maximum absolute atomic E-state index is 12.9. The van der Waals surface area contributed by atoms with E-state index in [9.17, 15) is 17.9 Å². The second kappa shape index (κ2) is 6.82. The van der Waals surface area contributed by atoms with Gasteiger partial charge in [0, 0.05) is 40.3 Å². The molecule has 130 valence electrons. The van der Waals surface area contributed by atoms with Crippen LogP contribution in [0.2, 0.25) is 0 Å². The van der Waals surface area contributed by atoms with E-state index in [1.807, 2.05) is 11.9 Å². The van der Waals surface area contributed by atoms with E-state index in [0.29, 0.717) is 26.1 Å². The summed E-state index contributed by atoms with van der Waals surface area (Å²) in [7, 11) is 1.31. The highest BCUT2D eigenvalue weighted by Crippen LogP contribution is 2.25. The highest BCUT2D eigenvalue weighted by molar-refractivity contribution is 7.86. The van der Waals surface area contributed by atoms with Gasteiger partial charge in [0.05, 0.1) is 5.60 Å². The Bertz CT molecular complexity index is 636. The average molecular weight is 345 g/mol. The fourth-order valence-electron chi connectivity index (χ4n) is 2.84. The van der Waals surface area contributed by atoms with Crippen molar-refractivity contribution in [3.8, 4) is 0 Å². The van der Waals surface area contributed by atoms with Gasteiger partial charge in [-0.1, -0.05) is 12.1 Å². The SMILES string of the molecule is CN(Cc1ccc(F)cc1)C[C@@]1(O)CCN(S(=O)(=O)N(C)C)C1. The molecule has 1 heterocycles. The molecule has 1 aliphatic heterocycles. The van der Waals surface area contributed by atoms with Crippen molar-refractivity contribution in [1.29, 1.82) is 0 Å². The molecule has 1 aromatic carbocycles. The van der Waals surface area contributed by atoms with E-state index >= 15 is 0 Å². The van der Waals surface area contributed by atoms with Gasteiger partial charge in [0.15, 0.2) is 0 Å². The first-order valence-electron chi connectivity index (χ1n) is 7.45. The zero-order valence-corrected chi connectivity index (χ0v) is 14.6. The van der Waals surface area contributed by atoms with Gasteiger partial charge in [-0.05, 0) is 31.2 Å². The standard InChI is InChI=1S/C15H24FN3O3S/c1-17(2)23(21,22)19-9-8-15(20,12-19)11-18(3)10-13-4-6-14(16)7-5-13/h4-7,20H,8-12H2,1-3H3/t15-/m0/s1. The molecule has 1 saturated heterocycles. The molecule has 0 bridgehead atoms. The lowest BCUT2D eigenvalue weighted by molar-refractivity contribution is 0.0217. The lowest BCUT2D eigenvalue weighted by Crippen LogP contribution is -2.46. The fourth-order valence-corrected chi connectivity index (χ4v) is 4.02. The number of hydrogen-bond donors (Lipinski definition) is 1. The van der Waals surface area contributed by atoms with E-state index in [4.69, 9.17) is 0 Å². The third kappa shape index (κ3) is 4.48. The smallest absolute Gasteiger partial charge is 0.281 e. The van der Waals surface area contributed by atoms with E-state index in [0.717, 1.165) is 9.87 Å². The monoisotopic (exact) mass is 345 g/mol. The number of benzene rings is 1. The molecule has 1 atom stereocenters. The molecule has 1 aliphatic rings. The van der Waals surface area contributed by atoms with E-state index in [-0.39, 0.29) is 12.4 Å². The topological polar surface area (TPSA) is 64.1 Å². The Balaban J connectivity index is 1.96.